The summed E-state index contributed by atoms with van der Waals surface area (Å²) >= 11 is 0. The molecule has 1 aliphatic carbocycles. The van der Waals surface area contributed by atoms with Crippen molar-refractivity contribution >= 4 is 22.7 Å². The average Bonchev–Trinajstić information content (AvgIpc) is 3.38. The predicted molar refractivity (Wildman–Crippen MR) is 164 cm³/mol. The Morgan fingerprint density at radius 3 is 2.57 bits per heavy atom. The first-order chi connectivity index (χ1) is 20.1. The summed E-state index contributed by atoms with van der Waals surface area (Å²) in [6.45, 7) is 9.85. The third kappa shape index (κ3) is 6.11. The molecule has 9 heteroatoms. The van der Waals surface area contributed by atoms with E-state index in [0.29, 0.717) is 50.6 Å². The van der Waals surface area contributed by atoms with E-state index in [1.807, 2.05) is 39.0 Å². The molecular weight excluding hydrogens is 530 g/mol. The van der Waals surface area contributed by atoms with E-state index < -0.39 is 5.60 Å². The van der Waals surface area contributed by atoms with Crippen molar-refractivity contribution in [3.63, 3.8) is 0 Å². The van der Waals surface area contributed by atoms with E-state index in [2.05, 4.69) is 35.0 Å². The highest BCUT2D eigenvalue weighted by molar-refractivity contribution is 5.87. The quantitative estimate of drug-likeness (QED) is 0.449. The molecule has 42 heavy (non-hydrogen) atoms. The summed E-state index contributed by atoms with van der Waals surface area (Å²) in [5, 5.41) is 12.7. The number of hydrogen-bond donors (Lipinski definition) is 1. The number of piperazine rings is 1. The molecule has 3 aromatic rings. The zero-order chi connectivity index (χ0) is 29.4. The molecule has 2 fully saturated rings. The Morgan fingerprint density at radius 2 is 1.83 bits per heavy atom. The molecule has 2 atom stereocenters. The maximum absolute atomic E-state index is 12.7. The zero-order valence-corrected chi connectivity index (χ0v) is 25.3. The standard InChI is InChI=1S/C33H43N5O4/c1-33(2,3)42-32(40)38-16-14-37(15-17-38)30-27-12-11-23(28-20-25(39)18-22-8-5-6-10-26(22)28)19-29(27)34-31(35-30)41-21-24-9-7-13-36(24)4/h5-6,8,10,18,20,23-24,39H,7,9,11-17,19,21H2,1-4H3. The van der Waals surface area contributed by atoms with E-state index in [9.17, 15) is 9.90 Å². The number of fused-ring (bicyclic) bond motifs is 2. The summed E-state index contributed by atoms with van der Waals surface area (Å²) in [5.41, 5.74) is 2.84. The summed E-state index contributed by atoms with van der Waals surface area (Å²) < 4.78 is 11.9. The van der Waals surface area contributed by atoms with E-state index in [1.165, 1.54) is 17.4 Å². The summed E-state index contributed by atoms with van der Waals surface area (Å²) in [5.74, 6) is 1.46. The number of benzene rings is 2. The van der Waals surface area contributed by atoms with Crippen molar-refractivity contribution in [3.05, 3.63) is 53.2 Å². The maximum atomic E-state index is 12.7. The first-order valence-electron chi connectivity index (χ1n) is 15.3. The van der Waals surface area contributed by atoms with Crippen LogP contribution in [0.1, 0.15) is 62.8 Å². The minimum absolute atomic E-state index is 0.232. The fraction of sp³-hybridized carbons (Fsp3) is 0.545. The second kappa shape index (κ2) is 11.6. The first-order valence-corrected chi connectivity index (χ1v) is 15.3. The Bertz CT molecular complexity index is 1450. The van der Waals surface area contributed by atoms with E-state index in [4.69, 9.17) is 19.4 Å². The number of likely N-dealkylation sites (tertiary alicyclic amines) is 1. The average molecular weight is 574 g/mol. The van der Waals surface area contributed by atoms with Crippen LogP contribution < -0.4 is 9.64 Å². The number of nitrogens with zero attached hydrogens (tertiary/aromatic N) is 5. The minimum Gasteiger partial charge on any atom is -0.508 e. The lowest BCUT2D eigenvalue weighted by Gasteiger charge is -2.38. The van der Waals surface area contributed by atoms with Gasteiger partial charge >= 0.3 is 12.1 Å². The summed E-state index contributed by atoms with van der Waals surface area (Å²) in [6.07, 6.45) is 4.59. The second-order valence-electron chi connectivity index (χ2n) is 13.0. The number of amides is 1. The van der Waals surface area contributed by atoms with Crippen LogP contribution in [-0.4, -0.2) is 89.0 Å². The normalized spacial score (nSPS) is 21.4. The molecule has 6 rings (SSSR count). The lowest BCUT2D eigenvalue weighted by atomic mass is 9.80. The van der Waals surface area contributed by atoms with Gasteiger partial charge in [0.2, 0.25) is 0 Å². The van der Waals surface area contributed by atoms with Gasteiger partial charge < -0.3 is 29.3 Å². The van der Waals surface area contributed by atoms with Gasteiger partial charge in [-0.15, -0.1) is 0 Å². The van der Waals surface area contributed by atoms with Gasteiger partial charge in [-0.1, -0.05) is 24.3 Å². The lowest BCUT2D eigenvalue weighted by molar-refractivity contribution is 0.0240. The van der Waals surface area contributed by atoms with Crippen molar-refractivity contribution in [2.24, 2.45) is 0 Å². The van der Waals surface area contributed by atoms with Crippen LogP contribution in [-0.2, 0) is 17.6 Å². The van der Waals surface area contributed by atoms with Gasteiger partial charge in [-0.25, -0.2) is 4.79 Å². The molecule has 2 unspecified atom stereocenters. The molecule has 0 saturated carbocycles. The number of anilines is 1. The number of carbonyl (C=O) groups is 1. The smallest absolute Gasteiger partial charge is 0.410 e. The molecule has 1 N–H and O–H groups in total. The van der Waals surface area contributed by atoms with Gasteiger partial charge in [-0.05, 0) is 101 Å². The number of phenolic OH excluding ortho intramolecular Hbond substituents is 1. The molecular formula is C33H43N5O4. The molecule has 2 saturated heterocycles. The monoisotopic (exact) mass is 573 g/mol. The number of aromatic nitrogens is 2. The molecule has 2 aliphatic heterocycles. The van der Waals surface area contributed by atoms with Gasteiger partial charge in [0.15, 0.2) is 0 Å². The fourth-order valence-electron chi connectivity index (χ4n) is 6.62. The number of carbonyl (C=O) groups excluding carboxylic acids is 1. The number of rotatable bonds is 5. The van der Waals surface area contributed by atoms with Crippen LogP contribution in [0.3, 0.4) is 0 Å². The molecule has 3 aliphatic rings. The Kier molecular flexibility index (Phi) is 7.87. The van der Waals surface area contributed by atoms with Crippen LogP contribution in [0.2, 0.25) is 0 Å². The van der Waals surface area contributed by atoms with E-state index >= 15 is 0 Å². The molecule has 0 spiro atoms. The summed E-state index contributed by atoms with van der Waals surface area (Å²) in [6, 6.07) is 12.8. The highest BCUT2D eigenvalue weighted by atomic mass is 16.6. The second-order valence-corrected chi connectivity index (χ2v) is 13.0. The van der Waals surface area contributed by atoms with Crippen LogP contribution in [0.15, 0.2) is 36.4 Å². The van der Waals surface area contributed by atoms with Crippen molar-refractivity contribution in [1.82, 2.24) is 19.8 Å². The highest BCUT2D eigenvalue weighted by Gasteiger charge is 2.32. The van der Waals surface area contributed by atoms with Crippen molar-refractivity contribution in [2.45, 2.75) is 70.4 Å². The van der Waals surface area contributed by atoms with Crippen molar-refractivity contribution in [3.8, 4) is 11.8 Å². The number of aromatic hydroxyl groups is 1. The molecule has 1 amide bonds. The van der Waals surface area contributed by atoms with Gasteiger partial charge in [-0.2, -0.15) is 9.97 Å². The van der Waals surface area contributed by atoms with E-state index in [1.54, 1.807) is 4.90 Å². The molecule has 2 aromatic carbocycles. The van der Waals surface area contributed by atoms with Crippen LogP contribution in [0.4, 0.5) is 10.6 Å². The van der Waals surface area contributed by atoms with Crippen LogP contribution in [0.5, 0.6) is 11.8 Å². The third-order valence-electron chi connectivity index (χ3n) is 8.86. The van der Waals surface area contributed by atoms with Crippen molar-refractivity contribution in [1.29, 1.82) is 0 Å². The fourth-order valence-corrected chi connectivity index (χ4v) is 6.62. The lowest BCUT2D eigenvalue weighted by Crippen LogP contribution is -2.50. The van der Waals surface area contributed by atoms with Crippen molar-refractivity contribution < 1.29 is 19.4 Å². The highest BCUT2D eigenvalue weighted by Crippen LogP contribution is 2.40. The van der Waals surface area contributed by atoms with Crippen LogP contribution >= 0.6 is 0 Å². The molecule has 3 heterocycles. The van der Waals surface area contributed by atoms with Gasteiger partial charge in [0.25, 0.3) is 0 Å². The number of hydrogen-bond acceptors (Lipinski definition) is 8. The SMILES string of the molecule is CN1CCCC1COc1nc2c(c(N3CCN(C(=O)OC(C)(C)C)CC3)n1)CCC(c1cc(O)cc3ccccc13)C2. The molecule has 9 nitrogen and oxygen atoms in total. The Hall–Kier alpha value is -3.59. The van der Waals surface area contributed by atoms with Gasteiger partial charge in [0, 0.05) is 37.8 Å². The predicted octanol–water partition coefficient (Wildman–Crippen LogP) is 5.14. The van der Waals surface area contributed by atoms with Crippen molar-refractivity contribution in [2.75, 3.05) is 51.3 Å². The number of ether oxygens (including phenoxy) is 2. The molecule has 1 aromatic heterocycles. The summed E-state index contributed by atoms with van der Waals surface area (Å²) in [4.78, 5) is 29.1. The van der Waals surface area contributed by atoms with E-state index in [0.717, 1.165) is 54.7 Å². The van der Waals surface area contributed by atoms with E-state index in [-0.39, 0.29) is 12.0 Å². The van der Waals surface area contributed by atoms with Crippen LogP contribution in [0.25, 0.3) is 10.8 Å². The zero-order valence-electron chi connectivity index (χ0n) is 25.3. The third-order valence-corrected chi connectivity index (χ3v) is 8.86. The van der Waals surface area contributed by atoms with Gasteiger partial charge in [-0.3, -0.25) is 0 Å². The van der Waals surface area contributed by atoms with Gasteiger partial charge in [0.1, 0.15) is 23.8 Å². The largest absolute Gasteiger partial charge is 0.508 e. The first kappa shape index (κ1) is 28.5. The molecule has 224 valence electrons. The van der Waals surface area contributed by atoms with Gasteiger partial charge in [0.05, 0.1) is 5.69 Å². The Morgan fingerprint density at radius 1 is 1.05 bits per heavy atom. The number of phenols is 1. The van der Waals surface area contributed by atoms with Crippen LogP contribution in [0, 0.1) is 0 Å². The Balaban J connectivity index is 1.27. The maximum Gasteiger partial charge on any atom is 0.410 e. The molecule has 0 bridgehead atoms. The molecule has 0 radical (unpaired) electrons. The topological polar surface area (TPSA) is 91.3 Å². The minimum atomic E-state index is -0.517. The Labute approximate surface area is 248 Å². The number of likely N-dealkylation sites (N-methyl/N-ethyl adjacent to an activating group) is 1. The summed E-state index contributed by atoms with van der Waals surface area (Å²) in [7, 11) is 2.15.